The van der Waals surface area contributed by atoms with E-state index in [2.05, 4.69) is 5.10 Å². The topological polar surface area (TPSA) is 75.5 Å². The number of carbonyl (C=O) groups is 1. The number of carbonyl (C=O) groups excluding carboxylic acids is 1. The summed E-state index contributed by atoms with van der Waals surface area (Å²) >= 11 is 1.49. The lowest BCUT2D eigenvalue weighted by Crippen LogP contribution is -2.50. The highest BCUT2D eigenvalue weighted by atomic mass is 32.2. The van der Waals surface area contributed by atoms with Crippen LogP contribution in [0.15, 0.2) is 17.2 Å². The smallest absolute Gasteiger partial charge is 0.257 e. The van der Waals surface area contributed by atoms with Gasteiger partial charge >= 0.3 is 0 Å². The third-order valence-electron chi connectivity index (χ3n) is 4.60. The molecule has 136 valence electrons. The molecule has 0 aliphatic carbocycles. The van der Waals surface area contributed by atoms with Gasteiger partial charge in [0.25, 0.3) is 5.91 Å². The van der Waals surface area contributed by atoms with E-state index in [1.807, 2.05) is 20.8 Å². The van der Waals surface area contributed by atoms with E-state index >= 15 is 0 Å². The molecule has 3 rings (SSSR count). The Morgan fingerprint density at radius 2 is 1.80 bits per heavy atom. The van der Waals surface area contributed by atoms with Gasteiger partial charge in [-0.3, -0.25) is 9.48 Å². The largest absolute Gasteiger partial charge is 0.336 e. The summed E-state index contributed by atoms with van der Waals surface area (Å²) in [6.07, 6.45) is 1.57. The van der Waals surface area contributed by atoms with Gasteiger partial charge in [-0.1, -0.05) is 0 Å². The van der Waals surface area contributed by atoms with E-state index in [1.54, 1.807) is 28.9 Å². The van der Waals surface area contributed by atoms with E-state index in [-0.39, 0.29) is 5.91 Å². The van der Waals surface area contributed by atoms with Crippen LogP contribution in [-0.2, 0) is 17.1 Å². The standard InChI is InChI=1S/C16H22N4O3S2/c1-11-9-15(13(3)24-11)25(22,23)20-7-5-19(6-8-20)16(21)14-10-17-18(4)12(14)2/h9-10H,5-8H2,1-4H3. The summed E-state index contributed by atoms with van der Waals surface area (Å²) in [5.41, 5.74) is 1.38. The van der Waals surface area contributed by atoms with Crippen molar-refractivity contribution >= 4 is 27.3 Å². The van der Waals surface area contributed by atoms with Gasteiger partial charge in [-0.05, 0) is 26.8 Å². The quantitative estimate of drug-likeness (QED) is 0.807. The lowest BCUT2D eigenvalue weighted by molar-refractivity contribution is 0.0697. The maximum absolute atomic E-state index is 12.8. The molecule has 0 saturated carbocycles. The second-order valence-corrected chi connectivity index (χ2v) is 9.61. The van der Waals surface area contributed by atoms with Gasteiger partial charge in [0, 0.05) is 48.7 Å². The van der Waals surface area contributed by atoms with Crippen molar-refractivity contribution in [1.29, 1.82) is 0 Å². The number of aryl methyl sites for hydroxylation is 3. The van der Waals surface area contributed by atoms with E-state index < -0.39 is 10.0 Å². The fourth-order valence-electron chi connectivity index (χ4n) is 3.01. The van der Waals surface area contributed by atoms with Gasteiger partial charge in [0.1, 0.15) is 0 Å². The molecule has 2 aromatic rings. The SMILES string of the molecule is Cc1cc(S(=O)(=O)N2CCN(C(=O)c3cnn(C)c3C)CC2)c(C)s1. The van der Waals surface area contributed by atoms with Crippen molar-refractivity contribution in [2.24, 2.45) is 7.05 Å². The van der Waals surface area contributed by atoms with Gasteiger partial charge < -0.3 is 4.90 Å². The Labute approximate surface area is 151 Å². The van der Waals surface area contributed by atoms with Crippen molar-refractivity contribution in [3.05, 3.63) is 33.3 Å². The highest BCUT2D eigenvalue weighted by molar-refractivity contribution is 7.89. The summed E-state index contributed by atoms with van der Waals surface area (Å²) in [7, 11) is -1.71. The molecule has 7 nitrogen and oxygen atoms in total. The van der Waals surface area contributed by atoms with Crippen molar-refractivity contribution in [1.82, 2.24) is 19.0 Å². The van der Waals surface area contributed by atoms with Crippen LogP contribution in [0.2, 0.25) is 0 Å². The van der Waals surface area contributed by atoms with E-state index in [0.29, 0.717) is 36.6 Å². The molecule has 0 radical (unpaired) electrons. The van der Waals surface area contributed by atoms with Crippen LogP contribution >= 0.6 is 11.3 Å². The van der Waals surface area contributed by atoms with Gasteiger partial charge in [0.05, 0.1) is 16.7 Å². The summed E-state index contributed by atoms with van der Waals surface area (Å²) in [5, 5.41) is 4.10. The average molecular weight is 383 g/mol. The third kappa shape index (κ3) is 3.23. The lowest BCUT2D eigenvalue weighted by Gasteiger charge is -2.34. The van der Waals surface area contributed by atoms with Gasteiger partial charge in [-0.25, -0.2) is 8.42 Å². The van der Waals surface area contributed by atoms with Crippen LogP contribution in [0.5, 0.6) is 0 Å². The van der Waals surface area contributed by atoms with Crippen molar-refractivity contribution in [2.45, 2.75) is 25.7 Å². The Morgan fingerprint density at radius 1 is 1.16 bits per heavy atom. The molecule has 9 heteroatoms. The summed E-state index contributed by atoms with van der Waals surface area (Å²) < 4.78 is 28.8. The molecule has 25 heavy (non-hydrogen) atoms. The van der Waals surface area contributed by atoms with Crippen LogP contribution in [0.1, 0.15) is 25.8 Å². The summed E-state index contributed by atoms with van der Waals surface area (Å²) in [6, 6.07) is 1.73. The first-order chi connectivity index (χ1) is 11.7. The molecular formula is C16H22N4O3S2. The highest BCUT2D eigenvalue weighted by Crippen LogP contribution is 2.28. The minimum Gasteiger partial charge on any atom is -0.336 e. The summed E-state index contributed by atoms with van der Waals surface area (Å²) in [6.45, 7) is 6.97. The van der Waals surface area contributed by atoms with Crippen LogP contribution in [0.4, 0.5) is 0 Å². The maximum atomic E-state index is 12.8. The molecule has 2 aromatic heterocycles. The Bertz CT molecular complexity index is 906. The Balaban J connectivity index is 1.72. The number of amides is 1. The maximum Gasteiger partial charge on any atom is 0.257 e. The zero-order valence-corrected chi connectivity index (χ0v) is 16.4. The number of rotatable bonds is 3. The molecule has 1 saturated heterocycles. The molecular weight excluding hydrogens is 360 g/mol. The number of sulfonamides is 1. The Hall–Kier alpha value is -1.71. The molecule has 0 bridgehead atoms. The molecule has 0 aromatic carbocycles. The Kier molecular flexibility index (Phi) is 4.74. The number of aromatic nitrogens is 2. The number of hydrogen-bond donors (Lipinski definition) is 0. The number of thiophene rings is 1. The van der Waals surface area contributed by atoms with Crippen molar-refractivity contribution in [3.8, 4) is 0 Å². The number of piperazine rings is 1. The molecule has 0 spiro atoms. The van der Waals surface area contributed by atoms with Crippen LogP contribution in [0, 0.1) is 20.8 Å². The van der Waals surface area contributed by atoms with E-state index in [0.717, 1.165) is 15.4 Å². The Morgan fingerprint density at radius 3 is 2.28 bits per heavy atom. The zero-order chi connectivity index (χ0) is 18.4. The van der Waals surface area contributed by atoms with E-state index in [9.17, 15) is 13.2 Å². The molecule has 0 unspecified atom stereocenters. The predicted molar refractivity (Wildman–Crippen MR) is 96.4 cm³/mol. The van der Waals surface area contributed by atoms with Gasteiger partial charge in [0.2, 0.25) is 10.0 Å². The van der Waals surface area contributed by atoms with Crippen LogP contribution < -0.4 is 0 Å². The molecule has 1 aliphatic heterocycles. The van der Waals surface area contributed by atoms with Crippen LogP contribution in [0.3, 0.4) is 0 Å². The predicted octanol–water partition coefficient (Wildman–Crippen LogP) is 1.55. The number of hydrogen-bond acceptors (Lipinski definition) is 5. The molecule has 1 fully saturated rings. The average Bonchev–Trinajstić information content (AvgIpc) is 3.09. The second kappa shape index (κ2) is 6.54. The first-order valence-electron chi connectivity index (χ1n) is 8.07. The highest BCUT2D eigenvalue weighted by Gasteiger charge is 2.32. The van der Waals surface area contributed by atoms with Gasteiger partial charge in [0.15, 0.2) is 0 Å². The minimum absolute atomic E-state index is 0.0924. The van der Waals surface area contributed by atoms with E-state index in [1.165, 1.54) is 15.6 Å². The second-order valence-electron chi connectivity index (χ2n) is 6.24. The summed E-state index contributed by atoms with van der Waals surface area (Å²) in [5.74, 6) is -0.0924. The summed E-state index contributed by atoms with van der Waals surface area (Å²) in [4.78, 5) is 16.5. The molecule has 1 aliphatic rings. The van der Waals surface area contributed by atoms with Crippen molar-refractivity contribution in [3.63, 3.8) is 0 Å². The third-order valence-corrected chi connectivity index (χ3v) is 7.72. The van der Waals surface area contributed by atoms with Crippen molar-refractivity contribution in [2.75, 3.05) is 26.2 Å². The normalized spacial score (nSPS) is 16.4. The van der Waals surface area contributed by atoms with Crippen LogP contribution in [-0.4, -0.2) is 59.5 Å². The molecule has 0 N–H and O–H groups in total. The minimum atomic E-state index is -3.50. The van der Waals surface area contributed by atoms with Crippen molar-refractivity contribution < 1.29 is 13.2 Å². The number of nitrogens with zero attached hydrogens (tertiary/aromatic N) is 4. The molecule has 1 amide bonds. The molecule has 3 heterocycles. The monoisotopic (exact) mass is 382 g/mol. The molecule has 0 atom stereocenters. The van der Waals surface area contributed by atoms with E-state index in [4.69, 9.17) is 0 Å². The first kappa shape index (κ1) is 18.1. The zero-order valence-electron chi connectivity index (χ0n) is 14.8. The lowest BCUT2D eigenvalue weighted by atomic mass is 10.2. The van der Waals surface area contributed by atoms with Crippen LogP contribution in [0.25, 0.3) is 0 Å². The first-order valence-corrected chi connectivity index (χ1v) is 10.3. The fraction of sp³-hybridized carbons (Fsp3) is 0.500. The van der Waals surface area contributed by atoms with Gasteiger partial charge in [-0.15, -0.1) is 11.3 Å². The van der Waals surface area contributed by atoms with Gasteiger partial charge in [-0.2, -0.15) is 9.40 Å². The fourth-order valence-corrected chi connectivity index (χ4v) is 5.96.